The number of hydrogen-bond donors (Lipinski definition) is 1. The van der Waals surface area contributed by atoms with Gasteiger partial charge in [0.05, 0.1) is 33.0 Å². The molecule has 0 saturated carbocycles. The van der Waals surface area contributed by atoms with Crippen LogP contribution in [0.2, 0.25) is 0 Å². The van der Waals surface area contributed by atoms with Gasteiger partial charge >= 0.3 is 11.9 Å². The zero-order valence-corrected chi connectivity index (χ0v) is 16.7. The summed E-state index contributed by atoms with van der Waals surface area (Å²) in [7, 11) is 2.66. The maximum absolute atomic E-state index is 12.5. The molecular weight excluding hydrogens is 378 g/mol. The van der Waals surface area contributed by atoms with E-state index in [4.69, 9.17) is 18.9 Å². The van der Waals surface area contributed by atoms with Crippen molar-refractivity contribution in [1.29, 1.82) is 0 Å². The first kappa shape index (κ1) is 20.8. The highest BCUT2D eigenvalue weighted by Crippen LogP contribution is 2.35. The number of carboxylic acid groups (broad SMARTS) is 1. The molecule has 1 aromatic heterocycles. The summed E-state index contributed by atoms with van der Waals surface area (Å²) in [5.74, 6) is -1.68. The second-order valence-electron chi connectivity index (χ2n) is 7.47. The Morgan fingerprint density at radius 3 is 2.34 bits per heavy atom. The molecule has 0 bridgehead atoms. The van der Waals surface area contributed by atoms with Crippen LogP contribution in [-0.4, -0.2) is 49.5 Å². The predicted octanol–water partition coefficient (Wildman–Crippen LogP) is 3.31. The van der Waals surface area contributed by atoms with Crippen molar-refractivity contribution in [2.75, 3.05) is 27.4 Å². The van der Waals surface area contributed by atoms with Gasteiger partial charge in [-0.15, -0.1) is 0 Å². The van der Waals surface area contributed by atoms with Crippen molar-refractivity contribution in [3.8, 4) is 17.0 Å². The minimum atomic E-state index is -1.24. The Bertz CT molecular complexity index is 929. The van der Waals surface area contributed by atoms with Crippen molar-refractivity contribution in [2.24, 2.45) is 5.41 Å². The van der Waals surface area contributed by atoms with Crippen LogP contribution < -0.4 is 4.74 Å². The SMILES string of the molecule is COC(=O)c1cc(C2OCC(C)(C)CO2)ccc1-c1ccc(OC)nc1C(=O)O. The lowest BCUT2D eigenvalue weighted by Gasteiger charge is -2.34. The number of ether oxygens (including phenoxy) is 4. The molecule has 2 aromatic rings. The number of pyridine rings is 1. The van der Waals surface area contributed by atoms with Gasteiger partial charge in [-0.05, 0) is 17.7 Å². The molecule has 0 aliphatic carbocycles. The van der Waals surface area contributed by atoms with Crippen LogP contribution >= 0.6 is 0 Å². The average Bonchev–Trinajstić information content (AvgIpc) is 2.72. The average molecular weight is 401 g/mol. The van der Waals surface area contributed by atoms with E-state index < -0.39 is 18.2 Å². The van der Waals surface area contributed by atoms with Gasteiger partial charge in [0.25, 0.3) is 0 Å². The maximum atomic E-state index is 12.5. The van der Waals surface area contributed by atoms with Crippen molar-refractivity contribution in [3.63, 3.8) is 0 Å². The van der Waals surface area contributed by atoms with E-state index in [-0.39, 0.29) is 28.1 Å². The minimum absolute atomic E-state index is 0.0905. The van der Waals surface area contributed by atoms with Crippen LogP contribution in [0, 0.1) is 5.41 Å². The first-order valence-electron chi connectivity index (χ1n) is 9.00. The van der Waals surface area contributed by atoms with E-state index in [0.717, 1.165) is 0 Å². The summed E-state index contributed by atoms with van der Waals surface area (Å²) in [5, 5.41) is 9.57. The van der Waals surface area contributed by atoms with E-state index in [0.29, 0.717) is 24.3 Å². The highest BCUT2D eigenvalue weighted by Gasteiger charge is 2.30. The summed E-state index contributed by atoms with van der Waals surface area (Å²) >= 11 is 0. The zero-order chi connectivity index (χ0) is 21.2. The van der Waals surface area contributed by atoms with Crippen molar-refractivity contribution in [2.45, 2.75) is 20.1 Å². The van der Waals surface area contributed by atoms with Crippen LogP contribution in [0.4, 0.5) is 0 Å². The van der Waals surface area contributed by atoms with Gasteiger partial charge in [0.1, 0.15) is 0 Å². The number of benzene rings is 1. The molecule has 0 unspecified atom stereocenters. The fourth-order valence-electron chi connectivity index (χ4n) is 3.04. The first-order valence-corrected chi connectivity index (χ1v) is 9.00. The molecule has 1 N–H and O–H groups in total. The van der Waals surface area contributed by atoms with Gasteiger partial charge in [-0.3, -0.25) is 0 Å². The number of carbonyl (C=O) groups excluding carboxylic acids is 1. The monoisotopic (exact) mass is 401 g/mol. The largest absolute Gasteiger partial charge is 0.481 e. The summed E-state index contributed by atoms with van der Waals surface area (Å²) in [5.41, 5.74) is 1.17. The minimum Gasteiger partial charge on any atom is -0.481 e. The third-order valence-electron chi connectivity index (χ3n) is 4.54. The van der Waals surface area contributed by atoms with Gasteiger partial charge in [-0.1, -0.05) is 26.0 Å². The fraction of sp³-hybridized carbons (Fsp3) is 0.381. The zero-order valence-electron chi connectivity index (χ0n) is 16.7. The van der Waals surface area contributed by atoms with Crippen LogP contribution in [0.3, 0.4) is 0 Å². The summed E-state index contributed by atoms with van der Waals surface area (Å²) in [6.45, 7) is 5.10. The van der Waals surface area contributed by atoms with Crippen molar-refractivity contribution in [1.82, 2.24) is 4.98 Å². The Labute approximate surface area is 168 Å². The molecule has 8 heteroatoms. The Balaban J connectivity index is 2.06. The molecule has 1 aromatic carbocycles. The van der Waals surface area contributed by atoms with Crippen molar-refractivity contribution >= 4 is 11.9 Å². The molecule has 0 radical (unpaired) electrons. The van der Waals surface area contributed by atoms with Crippen LogP contribution in [-0.2, 0) is 14.2 Å². The van der Waals surface area contributed by atoms with E-state index in [1.165, 1.54) is 20.3 Å². The topological polar surface area (TPSA) is 104 Å². The van der Waals surface area contributed by atoms with E-state index >= 15 is 0 Å². The first-order chi connectivity index (χ1) is 13.8. The highest BCUT2D eigenvalue weighted by atomic mass is 16.7. The molecular formula is C21H23NO7. The number of rotatable bonds is 5. The summed E-state index contributed by atoms with van der Waals surface area (Å²) in [6, 6.07) is 8.06. The molecule has 0 spiro atoms. The number of aromatic nitrogens is 1. The number of carboxylic acids is 1. The molecule has 8 nitrogen and oxygen atoms in total. The number of esters is 1. The Hall–Kier alpha value is -2.97. The van der Waals surface area contributed by atoms with Gasteiger partial charge in [0.15, 0.2) is 12.0 Å². The van der Waals surface area contributed by atoms with Crippen LogP contribution in [0.25, 0.3) is 11.1 Å². The van der Waals surface area contributed by atoms with Gasteiger partial charge in [0, 0.05) is 22.6 Å². The van der Waals surface area contributed by atoms with Gasteiger partial charge in [-0.2, -0.15) is 0 Å². The standard InChI is InChI=1S/C21H23NO7/c1-21(2)10-28-20(29-11-21)12-5-6-13(15(9-12)19(25)27-4)14-7-8-16(26-3)22-17(14)18(23)24/h5-9,20H,10-11H2,1-4H3,(H,23,24). The second kappa shape index (κ2) is 8.18. The number of aromatic carboxylic acids is 1. The summed E-state index contributed by atoms with van der Waals surface area (Å²) in [6.07, 6.45) is -0.617. The van der Waals surface area contributed by atoms with Crippen molar-refractivity contribution < 1.29 is 33.6 Å². The van der Waals surface area contributed by atoms with Crippen LogP contribution in [0.15, 0.2) is 30.3 Å². The molecule has 1 aliphatic rings. The number of carbonyl (C=O) groups is 2. The smallest absolute Gasteiger partial charge is 0.355 e. The quantitative estimate of drug-likeness (QED) is 0.761. The van der Waals surface area contributed by atoms with Gasteiger partial charge in [-0.25, -0.2) is 14.6 Å². The van der Waals surface area contributed by atoms with Crippen LogP contribution in [0.5, 0.6) is 5.88 Å². The third-order valence-corrected chi connectivity index (χ3v) is 4.54. The summed E-state index contributed by atoms with van der Waals surface area (Å²) < 4.78 is 21.5. The molecule has 0 amide bonds. The molecule has 3 rings (SSSR count). The third kappa shape index (κ3) is 4.38. The maximum Gasteiger partial charge on any atom is 0.355 e. The Morgan fingerprint density at radius 2 is 1.76 bits per heavy atom. The van der Waals surface area contributed by atoms with Gasteiger partial charge < -0.3 is 24.1 Å². The molecule has 1 saturated heterocycles. The molecule has 1 fully saturated rings. The molecule has 1 aliphatic heterocycles. The van der Waals surface area contributed by atoms with E-state index in [1.807, 2.05) is 13.8 Å². The fourth-order valence-corrected chi connectivity index (χ4v) is 3.04. The normalized spacial score (nSPS) is 16.3. The lowest BCUT2D eigenvalue weighted by atomic mass is 9.94. The lowest BCUT2D eigenvalue weighted by molar-refractivity contribution is -0.226. The van der Waals surface area contributed by atoms with Gasteiger partial charge in [0.2, 0.25) is 5.88 Å². The highest BCUT2D eigenvalue weighted by molar-refractivity contribution is 6.02. The van der Waals surface area contributed by atoms with E-state index in [9.17, 15) is 14.7 Å². The summed E-state index contributed by atoms with van der Waals surface area (Å²) in [4.78, 5) is 28.2. The van der Waals surface area contributed by atoms with E-state index in [2.05, 4.69) is 4.98 Å². The molecule has 29 heavy (non-hydrogen) atoms. The van der Waals surface area contributed by atoms with Crippen molar-refractivity contribution in [3.05, 3.63) is 47.2 Å². The Kier molecular flexibility index (Phi) is 5.86. The molecule has 154 valence electrons. The number of hydrogen-bond acceptors (Lipinski definition) is 7. The predicted molar refractivity (Wildman–Crippen MR) is 103 cm³/mol. The molecule has 2 heterocycles. The van der Waals surface area contributed by atoms with E-state index in [1.54, 1.807) is 24.3 Å². The lowest BCUT2D eigenvalue weighted by Crippen LogP contribution is -2.33. The second-order valence-corrected chi connectivity index (χ2v) is 7.47. The number of nitrogens with zero attached hydrogens (tertiary/aromatic N) is 1. The molecule has 0 atom stereocenters. The number of methoxy groups -OCH3 is 2. The van der Waals surface area contributed by atoms with Crippen LogP contribution in [0.1, 0.15) is 46.5 Å². The Morgan fingerprint density at radius 1 is 1.10 bits per heavy atom.